The molecule has 2 N–H and O–H groups in total. The molecule has 2 aliphatic heterocycles. The maximum atomic E-state index is 15.0. The van der Waals surface area contributed by atoms with Crippen molar-refractivity contribution in [3.8, 4) is 11.8 Å². The number of halogens is 2. The van der Waals surface area contributed by atoms with Crippen molar-refractivity contribution in [2.75, 3.05) is 50.1 Å². The number of hydrogen-bond acceptors (Lipinski definition) is 10. The lowest BCUT2D eigenvalue weighted by molar-refractivity contribution is -0.0760. The first kappa shape index (κ1) is 28.6. The van der Waals surface area contributed by atoms with Gasteiger partial charge in [-0.15, -0.1) is 0 Å². The topological polar surface area (TPSA) is 138 Å². The third kappa shape index (κ3) is 6.39. The van der Waals surface area contributed by atoms with Crippen molar-refractivity contribution in [3.05, 3.63) is 24.7 Å². The molecule has 13 nitrogen and oxygen atoms in total. The summed E-state index contributed by atoms with van der Waals surface area (Å²) < 4.78 is 40.6. The van der Waals surface area contributed by atoms with E-state index in [0.29, 0.717) is 18.6 Å². The molecule has 2 aromatic heterocycles. The van der Waals surface area contributed by atoms with Crippen LogP contribution in [0.25, 0.3) is 0 Å². The van der Waals surface area contributed by atoms with Crippen LogP contribution in [0.3, 0.4) is 0 Å². The fraction of sp³-hybridized carbons (Fsp3) is 0.615. The molecule has 1 saturated carbocycles. The Labute approximate surface area is 236 Å². The molecule has 5 rings (SSSR count). The van der Waals surface area contributed by atoms with Gasteiger partial charge in [0, 0.05) is 57.4 Å². The number of likely N-dealkylation sites (N-methyl/N-ethyl adjacent to an activating group) is 1. The van der Waals surface area contributed by atoms with Crippen molar-refractivity contribution in [3.63, 3.8) is 0 Å². The summed E-state index contributed by atoms with van der Waals surface area (Å²) in [5, 5.41) is 5.43. The highest BCUT2D eigenvalue weighted by atomic mass is 19.3. The number of urea groups is 1. The number of carbonyl (C=O) groups excluding carboxylic acids is 2. The van der Waals surface area contributed by atoms with Gasteiger partial charge in [-0.2, -0.15) is 4.98 Å². The quantitative estimate of drug-likeness (QED) is 0.483. The maximum Gasteiger partial charge on any atom is 0.414 e. The van der Waals surface area contributed by atoms with Crippen LogP contribution in [0.4, 0.5) is 30.1 Å². The molecular weight excluding hydrogens is 540 g/mol. The van der Waals surface area contributed by atoms with Crippen LogP contribution in [0.15, 0.2) is 24.7 Å². The van der Waals surface area contributed by atoms with Crippen molar-refractivity contribution in [1.29, 1.82) is 0 Å². The maximum absolute atomic E-state index is 15.0. The van der Waals surface area contributed by atoms with Gasteiger partial charge in [-0.25, -0.2) is 33.3 Å². The van der Waals surface area contributed by atoms with Crippen LogP contribution < -0.4 is 25.0 Å². The molecule has 4 heterocycles. The van der Waals surface area contributed by atoms with E-state index in [0.717, 1.165) is 30.8 Å². The monoisotopic (exact) mass is 575 g/mol. The van der Waals surface area contributed by atoms with E-state index in [4.69, 9.17) is 9.47 Å². The molecule has 2 aromatic rings. The number of piperidine rings is 2. The number of hydrogen-bond donors (Lipinski definition) is 2. The number of alkyl halides is 2. The van der Waals surface area contributed by atoms with E-state index < -0.39 is 30.5 Å². The fourth-order valence-electron chi connectivity index (χ4n) is 5.84. The minimum Gasteiger partial charge on any atom is -0.477 e. The van der Waals surface area contributed by atoms with Crippen molar-refractivity contribution in [1.82, 2.24) is 35.1 Å². The highest BCUT2D eigenvalue weighted by molar-refractivity contribution is 5.88. The smallest absolute Gasteiger partial charge is 0.414 e. The summed E-state index contributed by atoms with van der Waals surface area (Å²) in [6, 6.07) is -0.274. The second kappa shape index (κ2) is 11.9. The number of ether oxygens (including phenoxy) is 2. The molecule has 2 saturated heterocycles. The van der Waals surface area contributed by atoms with E-state index >= 15 is 0 Å². The van der Waals surface area contributed by atoms with Gasteiger partial charge in [-0.05, 0) is 32.2 Å². The van der Waals surface area contributed by atoms with Crippen LogP contribution in [0, 0.1) is 5.92 Å². The third-order valence-electron chi connectivity index (χ3n) is 8.00. The summed E-state index contributed by atoms with van der Waals surface area (Å²) in [6.45, 7) is 6.03. The second-order valence-electron chi connectivity index (χ2n) is 10.5. The molecular formula is C26H35F2N9O4. The SMILES string of the molecule is CCOc1cnc(NC(=O)N(C)[C@H]2CN(c3nccc(OC(=O)N[C@H]4C[C@H]5C[C@@H]4CN5CC)n3)CCC2(F)F)cn1. The summed E-state index contributed by atoms with van der Waals surface area (Å²) in [5.41, 5.74) is 0. The highest BCUT2D eigenvalue weighted by Crippen LogP contribution is 2.37. The molecule has 2 bridgehead atoms. The van der Waals surface area contributed by atoms with Crippen LogP contribution in [0.1, 0.15) is 33.1 Å². The Hall–Kier alpha value is -3.88. The molecule has 222 valence electrons. The largest absolute Gasteiger partial charge is 0.477 e. The van der Waals surface area contributed by atoms with Crippen molar-refractivity contribution in [2.24, 2.45) is 5.92 Å². The van der Waals surface area contributed by atoms with Crippen LogP contribution in [0.2, 0.25) is 0 Å². The van der Waals surface area contributed by atoms with Crippen molar-refractivity contribution in [2.45, 2.75) is 57.2 Å². The van der Waals surface area contributed by atoms with Gasteiger partial charge < -0.3 is 29.5 Å². The molecule has 4 atom stereocenters. The first-order valence-corrected chi connectivity index (χ1v) is 13.8. The van der Waals surface area contributed by atoms with E-state index in [1.807, 2.05) is 0 Å². The Balaban J connectivity index is 1.19. The number of nitrogens with zero attached hydrogens (tertiary/aromatic N) is 7. The molecule has 3 amide bonds. The number of nitrogens with one attached hydrogen (secondary N) is 2. The average molecular weight is 576 g/mol. The summed E-state index contributed by atoms with van der Waals surface area (Å²) in [6.07, 6.45) is 4.85. The normalized spacial score (nSPS) is 25.0. The second-order valence-corrected chi connectivity index (χ2v) is 10.5. The van der Waals surface area contributed by atoms with Gasteiger partial charge in [-0.3, -0.25) is 5.32 Å². The molecule has 15 heteroatoms. The summed E-state index contributed by atoms with van der Waals surface area (Å²) in [4.78, 5) is 46.9. The standard InChI is InChI=1S/C26H35F2N9O4/c1-4-36-14-16-10-17(36)11-18(16)32-25(39)41-21-6-8-29-23(34-21)37-9-7-26(27,28)19(15-37)35(3)24(38)33-20-12-31-22(13-30-20)40-5-2/h6,8,12-13,16-19H,4-5,7,9-11,14-15H2,1-3H3,(H,32,39)(H,30,33,38)/t16-,17-,18+,19+/m1/s1. The number of carbonyl (C=O) groups is 2. The van der Waals surface area contributed by atoms with Gasteiger partial charge >= 0.3 is 12.1 Å². The van der Waals surface area contributed by atoms with E-state index in [2.05, 4.69) is 42.4 Å². The summed E-state index contributed by atoms with van der Waals surface area (Å²) >= 11 is 0. The first-order valence-electron chi connectivity index (χ1n) is 13.8. The Morgan fingerprint density at radius 2 is 1.98 bits per heavy atom. The molecule has 0 unspecified atom stereocenters. The molecule has 3 fully saturated rings. The lowest BCUT2D eigenvalue weighted by atomic mass is 10.00. The predicted octanol–water partition coefficient (Wildman–Crippen LogP) is 2.61. The molecule has 0 spiro atoms. The Morgan fingerprint density at radius 1 is 1.15 bits per heavy atom. The Morgan fingerprint density at radius 3 is 2.66 bits per heavy atom. The summed E-state index contributed by atoms with van der Waals surface area (Å²) in [7, 11) is 1.29. The van der Waals surface area contributed by atoms with Crippen LogP contribution in [-0.4, -0.2) is 106 Å². The molecule has 0 aromatic carbocycles. The minimum absolute atomic E-state index is 0.0138. The van der Waals surface area contributed by atoms with E-state index in [9.17, 15) is 18.4 Å². The Kier molecular flexibility index (Phi) is 8.33. The number of amides is 3. The van der Waals surface area contributed by atoms with Crippen molar-refractivity contribution < 1.29 is 27.8 Å². The average Bonchev–Trinajstić information content (AvgIpc) is 3.54. The molecule has 3 aliphatic rings. The number of anilines is 2. The minimum atomic E-state index is -3.16. The van der Waals surface area contributed by atoms with E-state index in [-0.39, 0.29) is 42.7 Å². The third-order valence-corrected chi connectivity index (χ3v) is 8.00. The number of likely N-dealkylation sites (tertiary alicyclic amines) is 1. The van der Waals surface area contributed by atoms with E-state index in [1.54, 1.807) is 11.8 Å². The fourth-order valence-corrected chi connectivity index (χ4v) is 5.84. The number of rotatable bonds is 8. The number of fused-ring (bicyclic) bond motifs is 2. The van der Waals surface area contributed by atoms with Gasteiger partial charge in [0.1, 0.15) is 6.04 Å². The first-order chi connectivity index (χ1) is 19.7. The molecule has 41 heavy (non-hydrogen) atoms. The lowest BCUT2D eigenvalue weighted by Gasteiger charge is -2.42. The van der Waals surface area contributed by atoms with Gasteiger partial charge in [0.2, 0.25) is 17.7 Å². The summed E-state index contributed by atoms with van der Waals surface area (Å²) in [5.74, 6) is -2.24. The van der Waals surface area contributed by atoms with Gasteiger partial charge in [0.25, 0.3) is 5.92 Å². The van der Waals surface area contributed by atoms with Crippen molar-refractivity contribution >= 4 is 23.9 Å². The van der Waals surface area contributed by atoms with Crippen LogP contribution in [-0.2, 0) is 0 Å². The zero-order valence-electron chi connectivity index (χ0n) is 23.3. The van der Waals surface area contributed by atoms with E-state index in [1.165, 1.54) is 31.7 Å². The Bertz CT molecular complexity index is 1240. The van der Waals surface area contributed by atoms with Gasteiger partial charge in [0.15, 0.2) is 5.82 Å². The highest BCUT2D eigenvalue weighted by Gasteiger charge is 2.48. The predicted molar refractivity (Wildman–Crippen MR) is 144 cm³/mol. The van der Waals surface area contributed by atoms with Gasteiger partial charge in [0.05, 0.1) is 19.0 Å². The number of aromatic nitrogens is 4. The molecule has 1 aliphatic carbocycles. The lowest BCUT2D eigenvalue weighted by Crippen LogP contribution is -2.60. The zero-order valence-corrected chi connectivity index (χ0v) is 23.3. The van der Waals surface area contributed by atoms with Gasteiger partial charge in [-0.1, -0.05) is 6.92 Å². The van der Waals surface area contributed by atoms with Crippen LogP contribution in [0.5, 0.6) is 11.8 Å². The molecule has 0 radical (unpaired) electrons. The zero-order chi connectivity index (χ0) is 29.1. The van der Waals surface area contributed by atoms with Crippen LogP contribution >= 0.6 is 0 Å².